The summed E-state index contributed by atoms with van der Waals surface area (Å²) >= 11 is 12.4. The van der Waals surface area contributed by atoms with Gasteiger partial charge in [-0.2, -0.15) is 0 Å². The molecule has 0 aliphatic carbocycles. The van der Waals surface area contributed by atoms with Gasteiger partial charge in [0, 0.05) is 34.0 Å². The second-order valence-corrected chi connectivity index (χ2v) is 11.5. The van der Waals surface area contributed by atoms with Crippen molar-refractivity contribution < 1.29 is 14.3 Å². The van der Waals surface area contributed by atoms with Crippen LogP contribution in [0.1, 0.15) is 34.7 Å². The largest absolute Gasteiger partial charge is 0.495 e. The van der Waals surface area contributed by atoms with Gasteiger partial charge in [-0.15, -0.1) is 0 Å². The lowest BCUT2D eigenvalue weighted by Gasteiger charge is -2.28. The monoisotopic (exact) mass is 637 g/mol. The van der Waals surface area contributed by atoms with E-state index in [-0.39, 0.29) is 24.6 Å². The molecule has 1 fully saturated rings. The lowest BCUT2D eigenvalue weighted by molar-refractivity contribution is -0.118. The predicted molar refractivity (Wildman–Crippen MR) is 182 cm³/mol. The van der Waals surface area contributed by atoms with Gasteiger partial charge in [0.15, 0.2) is 11.7 Å². The number of nitrogens with one attached hydrogen (secondary N) is 2. The molecule has 0 spiro atoms. The number of aromatic nitrogens is 2. The Morgan fingerprint density at radius 2 is 1.76 bits per heavy atom. The Morgan fingerprint density at radius 1 is 1.00 bits per heavy atom. The molecule has 6 rings (SSSR count). The molecule has 3 heterocycles. The number of methoxy groups -OCH3 is 1. The van der Waals surface area contributed by atoms with Gasteiger partial charge in [-0.1, -0.05) is 35.9 Å². The van der Waals surface area contributed by atoms with Crippen molar-refractivity contribution in [2.45, 2.75) is 25.9 Å². The summed E-state index contributed by atoms with van der Waals surface area (Å²) in [5.41, 5.74) is 6.39. The van der Waals surface area contributed by atoms with Gasteiger partial charge < -0.3 is 29.6 Å². The Morgan fingerprint density at radius 3 is 2.47 bits per heavy atom. The van der Waals surface area contributed by atoms with E-state index < -0.39 is 0 Å². The minimum atomic E-state index is -0.248. The molecule has 1 amide bonds. The number of thiocarbonyl (C=S) groups is 1. The number of benzene rings is 3. The zero-order valence-electron chi connectivity index (χ0n) is 25.0. The van der Waals surface area contributed by atoms with E-state index >= 15 is 0 Å². The molecule has 45 heavy (non-hydrogen) atoms. The minimum absolute atomic E-state index is 0.0905. The van der Waals surface area contributed by atoms with Crippen LogP contribution < -0.4 is 25.0 Å². The van der Waals surface area contributed by atoms with Crippen LogP contribution in [0.5, 0.6) is 11.5 Å². The first-order chi connectivity index (χ1) is 21.8. The first-order valence-electron chi connectivity index (χ1n) is 14.4. The number of carbonyl (C=O) groups excluding carboxylic acids is 1. The first kappa shape index (κ1) is 30.2. The summed E-state index contributed by atoms with van der Waals surface area (Å²) in [7, 11) is 1.66. The van der Waals surface area contributed by atoms with E-state index in [9.17, 15) is 4.79 Å². The second kappa shape index (κ2) is 13.0. The summed E-state index contributed by atoms with van der Waals surface area (Å²) in [5, 5.41) is 7.63. The zero-order chi connectivity index (χ0) is 31.5. The molecular weight excluding hydrogens is 606 g/mol. The molecular formula is C35H32ClN5O3S. The molecule has 2 atom stereocenters. The van der Waals surface area contributed by atoms with Crippen LogP contribution in [0.15, 0.2) is 103 Å². The van der Waals surface area contributed by atoms with Crippen molar-refractivity contribution >= 4 is 46.2 Å². The van der Waals surface area contributed by atoms with Crippen LogP contribution in [0, 0.1) is 13.8 Å². The number of hydrogen-bond acceptors (Lipinski definition) is 5. The van der Waals surface area contributed by atoms with Crippen molar-refractivity contribution in [3.05, 3.63) is 131 Å². The van der Waals surface area contributed by atoms with Gasteiger partial charge in [0.25, 0.3) is 5.91 Å². The second-order valence-electron chi connectivity index (χ2n) is 10.7. The lowest BCUT2D eigenvalue weighted by atomic mass is 9.96. The van der Waals surface area contributed by atoms with Crippen LogP contribution in [0.2, 0.25) is 5.02 Å². The number of anilines is 2. The third kappa shape index (κ3) is 6.22. The third-order valence-corrected chi connectivity index (χ3v) is 8.36. The van der Waals surface area contributed by atoms with Gasteiger partial charge in [0.05, 0.1) is 30.6 Å². The summed E-state index contributed by atoms with van der Waals surface area (Å²) in [6.45, 7) is 4.07. The maximum absolute atomic E-state index is 12.6. The molecule has 5 aromatic rings. The number of halogens is 1. The van der Waals surface area contributed by atoms with E-state index in [0.717, 1.165) is 39.8 Å². The van der Waals surface area contributed by atoms with E-state index in [4.69, 9.17) is 33.3 Å². The number of hydrogen-bond donors (Lipinski definition) is 2. The average molecular weight is 638 g/mol. The molecule has 8 nitrogen and oxygen atoms in total. The maximum atomic E-state index is 12.6. The fraction of sp³-hybridized carbons (Fsp3) is 0.171. The number of nitrogens with zero attached hydrogens (tertiary/aromatic N) is 3. The quantitative estimate of drug-likeness (QED) is 0.164. The summed E-state index contributed by atoms with van der Waals surface area (Å²) in [6.07, 6.45) is 1.79. The lowest BCUT2D eigenvalue weighted by Crippen LogP contribution is -2.29. The average Bonchev–Trinajstić information content (AvgIpc) is 3.55. The third-order valence-electron chi connectivity index (χ3n) is 7.81. The summed E-state index contributed by atoms with van der Waals surface area (Å²) in [5.74, 6) is 1.11. The molecule has 1 aliphatic heterocycles. The molecule has 0 saturated carbocycles. The van der Waals surface area contributed by atoms with Crippen molar-refractivity contribution in [3.63, 3.8) is 0 Å². The molecule has 3 aromatic carbocycles. The number of carbonyl (C=O) groups is 1. The zero-order valence-corrected chi connectivity index (χ0v) is 26.6. The molecule has 1 aliphatic rings. The van der Waals surface area contributed by atoms with Gasteiger partial charge in [0.2, 0.25) is 0 Å². The van der Waals surface area contributed by atoms with Crippen LogP contribution in [0.3, 0.4) is 0 Å². The summed E-state index contributed by atoms with van der Waals surface area (Å²) < 4.78 is 13.4. The van der Waals surface area contributed by atoms with Crippen LogP contribution >= 0.6 is 23.8 Å². The standard InChI is InChI=1S/C35H32ClN5O3S/c1-22-19-28(23(2)40(22)30-20-24(36)12-17-31(30)43-3)34-33(29-11-7-8-18-37-29)39-35(45)41(34)26-15-13-25(14-16-26)38-32(42)21-44-27-9-5-4-6-10-27/h4-20,33-34H,21H2,1-3H3,(H,38,42)(H,39,45)/t33-,34-/m0/s1. The topological polar surface area (TPSA) is 80.7 Å². The van der Waals surface area contributed by atoms with Crippen LogP contribution in [0.4, 0.5) is 11.4 Å². The van der Waals surface area contributed by atoms with Gasteiger partial charge in [-0.05, 0) is 104 Å². The minimum Gasteiger partial charge on any atom is -0.495 e. The summed E-state index contributed by atoms with van der Waals surface area (Å²) in [4.78, 5) is 19.4. The van der Waals surface area contributed by atoms with Crippen molar-refractivity contribution in [2.75, 3.05) is 23.9 Å². The first-order valence-corrected chi connectivity index (χ1v) is 15.2. The van der Waals surface area contributed by atoms with E-state index in [1.807, 2.05) is 91.0 Å². The Bertz CT molecular complexity index is 1830. The number of rotatable bonds is 9. The van der Waals surface area contributed by atoms with Crippen LogP contribution in [-0.4, -0.2) is 34.3 Å². The highest BCUT2D eigenvalue weighted by Crippen LogP contribution is 2.44. The number of para-hydroxylation sites is 1. The highest BCUT2D eigenvalue weighted by atomic mass is 35.5. The van der Waals surface area contributed by atoms with Crippen LogP contribution in [-0.2, 0) is 4.79 Å². The van der Waals surface area contributed by atoms with E-state index in [0.29, 0.717) is 21.6 Å². The fourth-order valence-electron chi connectivity index (χ4n) is 5.81. The van der Waals surface area contributed by atoms with Gasteiger partial charge in [-0.25, -0.2) is 0 Å². The van der Waals surface area contributed by atoms with Crippen molar-refractivity contribution in [1.29, 1.82) is 0 Å². The molecule has 0 unspecified atom stereocenters. The van der Waals surface area contributed by atoms with E-state index in [1.165, 1.54) is 0 Å². The molecule has 228 valence electrons. The molecule has 2 aromatic heterocycles. The van der Waals surface area contributed by atoms with E-state index in [2.05, 4.69) is 45.0 Å². The predicted octanol–water partition coefficient (Wildman–Crippen LogP) is 7.35. The number of amides is 1. The number of pyridine rings is 1. The number of ether oxygens (including phenoxy) is 2. The van der Waals surface area contributed by atoms with Gasteiger partial charge >= 0.3 is 0 Å². The molecule has 0 radical (unpaired) electrons. The normalized spacial score (nSPS) is 15.9. The van der Waals surface area contributed by atoms with Crippen molar-refractivity contribution in [3.8, 4) is 17.2 Å². The Balaban J connectivity index is 1.33. The highest BCUT2D eigenvalue weighted by molar-refractivity contribution is 7.80. The smallest absolute Gasteiger partial charge is 0.262 e. The van der Waals surface area contributed by atoms with Crippen molar-refractivity contribution in [1.82, 2.24) is 14.9 Å². The Labute approximate surface area is 272 Å². The van der Waals surface area contributed by atoms with E-state index in [1.54, 1.807) is 13.3 Å². The summed E-state index contributed by atoms with van der Waals surface area (Å²) in [6, 6.07) is 30.1. The Kier molecular flexibility index (Phi) is 8.73. The fourth-order valence-corrected chi connectivity index (χ4v) is 6.32. The van der Waals surface area contributed by atoms with Crippen LogP contribution in [0.25, 0.3) is 5.69 Å². The number of aryl methyl sites for hydroxylation is 1. The molecule has 0 bridgehead atoms. The highest BCUT2D eigenvalue weighted by Gasteiger charge is 2.42. The molecule has 1 saturated heterocycles. The van der Waals surface area contributed by atoms with Crippen molar-refractivity contribution in [2.24, 2.45) is 0 Å². The molecule has 10 heteroatoms. The van der Waals surface area contributed by atoms with Gasteiger partial charge in [0.1, 0.15) is 11.5 Å². The Hall–Kier alpha value is -4.86. The SMILES string of the molecule is COc1ccc(Cl)cc1-n1c(C)cc([C@H]2[C@H](c3ccccn3)NC(=S)N2c2ccc(NC(=O)COc3ccccc3)cc2)c1C. The van der Waals surface area contributed by atoms with Gasteiger partial charge in [-0.3, -0.25) is 9.78 Å². The molecule has 2 N–H and O–H groups in total. The maximum Gasteiger partial charge on any atom is 0.262 e.